The molecular weight excluding hydrogens is 421 g/mol. The van der Waals surface area contributed by atoms with Crippen LogP contribution in [-0.4, -0.2) is 31.3 Å². The van der Waals surface area contributed by atoms with Gasteiger partial charge in [-0.3, -0.25) is 10.1 Å². The second-order valence-corrected chi connectivity index (χ2v) is 5.81. The van der Waals surface area contributed by atoms with Crippen LogP contribution in [0.15, 0.2) is 36.4 Å². The van der Waals surface area contributed by atoms with Crippen LogP contribution < -0.4 is 14.8 Å². The Labute approximate surface area is 167 Å². The monoisotopic (exact) mass is 434 g/mol. The van der Waals surface area contributed by atoms with Crippen LogP contribution in [0.25, 0.3) is 0 Å². The van der Waals surface area contributed by atoms with E-state index in [1.807, 2.05) is 0 Å². The Bertz CT molecular complexity index is 907. The zero-order valence-corrected chi connectivity index (χ0v) is 15.5. The first-order valence-electron chi connectivity index (χ1n) is 7.89. The van der Waals surface area contributed by atoms with E-state index >= 15 is 0 Å². The van der Waals surface area contributed by atoms with E-state index in [1.54, 1.807) is 0 Å². The number of nitro benzene ring substituents is 1. The van der Waals surface area contributed by atoms with Crippen LogP contribution >= 0.6 is 11.6 Å². The molecule has 0 heterocycles. The topological polar surface area (TPSA) is 99.9 Å². The molecule has 12 heteroatoms. The third kappa shape index (κ3) is 6.14. The summed E-state index contributed by atoms with van der Waals surface area (Å²) in [5.41, 5.74) is -1.31. The Kier molecular flexibility index (Phi) is 7.10. The van der Waals surface area contributed by atoms with Gasteiger partial charge in [-0.25, -0.2) is 4.79 Å². The van der Waals surface area contributed by atoms with Crippen molar-refractivity contribution in [3.05, 3.63) is 57.1 Å². The molecule has 2 aromatic rings. The van der Waals surface area contributed by atoms with Gasteiger partial charge >= 0.3 is 18.0 Å². The number of nitrogens with one attached hydrogen (secondary N) is 1. The lowest BCUT2D eigenvalue weighted by molar-refractivity contribution is -0.385. The molecule has 156 valence electrons. The maximum absolute atomic E-state index is 12.7. The number of halogens is 4. The molecule has 0 atom stereocenters. The number of carbonyl (C=O) groups is 1. The van der Waals surface area contributed by atoms with E-state index in [1.165, 1.54) is 19.2 Å². The van der Waals surface area contributed by atoms with E-state index in [-0.39, 0.29) is 41.1 Å². The molecule has 0 aliphatic carbocycles. The highest BCUT2D eigenvalue weighted by Crippen LogP contribution is 2.38. The third-order valence-electron chi connectivity index (χ3n) is 3.43. The molecule has 0 aliphatic rings. The molecule has 0 radical (unpaired) electrons. The summed E-state index contributed by atoms with van der Waals surface area (Å²) >= 11 is 5.84. The summed E-state index contributed by atoms with van der Waals surface area (Å²) in [6.45, 7) is -0.0971. The molecular formula is C17H14ClF3N2O6. The second kappa shape index (κ2) is 9.32. The molecule has 0 saturated carbocycles. The predicted molar refractivity (Wildman–Crippen MR) is 95.5 cm³/mol. The molecule has 0 bridgehead atoms. The first kappa shape index (κ1) is 22.1. The zero-order valence-electron chi connectivity index (χ0n) is 14.8. The summed E-state index contributed by atoms with van der Waals surface area (Å²) in [6.07, 6.45) is -5.26. The lowest BCUT2D eigenvalue weighted by Crippen LogP contribution is -2.27. The molecule has 0 unspecified atom stereocenters. The molecule has 2 rings (SSSR count). The molecule has 0 saturated heterocycles. The average molecular weight is 435 g/mol. The molecule has 1 amide bonds. The fraction of sp³-hybridized carbons (Fsp3) is 0.235. The van der Waals surface area contributed by atoms with Crippen LogP contribution in [0, 0.1) is 10.1 Å². The fourth-order valence-corrected chi connectivity index (χ4v) is 2.32. The third-order valence-corrected chi connectivity index (χ3v) is 3.72. The number of ether oxygens (including phenoxy) is 3. The highest BCUT2D eigenvalue weighted by molar-refractivity contribution is 6.32. The summed E-state index contributed by atoms with van der Waals surface area (Å²) < 4.78 is 53.2. The van der Waals surface area contributed by atoms with Gasteiger partial charge in [0.05, 0.1) is 29.2 Å². The van der Waals surface area contributed by atoms with E-state index < -0.39 is 22.8 Å². The predicted octanol–water partition coefficient (Wildman–Crippen LogP) is 4.79. The SMILES string of the molecule is COC(=O)NCCOc1cc(Oc2ccc(C(F)(F)F)cc2Cl)ccc1[N+](=O)[O-]. The lowest BCUT2D eigenvalue weighted by Gasteiger charge is -2.12. The van der Waals surface area contributed by atoms with Gasteiger partial charge in [-0.2, -0.15) is 13.2 Å². The zero-order chi connectivity index (χ0) is 21.6. The highest BCUT2D eigenvalue weighted by atomic mass is 35.5. The van der Waals surface area contributed by atoms with Crippen molar-refractivity contribution in [3.8, 4) is 17.2 Å². The first-order chi connectivity index (χ1) is 13.6. The van der Waals surface area contributed by atoms with Gasteiger partial charge in [-0.1, -0.05) is 11.6 Å². The van der Waals surface area contributed by atoms with E-state index in [0.717, 1.165) is 18.2 Å². The Morgan fingerprint density at radius 1 is 1.21 bits per heavy atom. The number of amides is 1. The van der Waals surface area contributed by atoms with Crippen molar-refractivity contribution in [2.45, 2.75) is 6.18 Å². The van der Waals surface area contributed by atoms with Gasteiger partial charge in [0, 0.05) is 12.1 Å². The quantitative estimate of drug-likeness (QED) is 0.382. The number of rotatable bonds is 7. The summed E-state index contributed by atoms with van der Waals surface area (Å²) in [4.78, 5) is 21.4. The molecule has 0 aliphatic heterocycles. The molecule has 0 aromatic heterocycles. The van der Waals surface area contributed by atoms with Crippen LogP contribution in [0.2, 0.25) is 5.02 Å². The summed E-state index contributed by atoms with van der Waals surface area (Å²) in [6, 6.07) is 6.07. The van der Waals surface area contributed by atoms with Crippen molar-refractivity contribution in [3.63, 3.8) is 0 Å². The smallest absolute Gasteiger partial charge is 0.416 e. The molecule has 2 aromatic carbocycles. The van der Waals surface area contributed by atoms with Crippen LogP contribution in [0.3, 0.4) is 0 Å². The Morgan fingerprint density at radius 2 is 1.93 bits per heavy atom. The van der Waals surface area contributed by atoms with Gasteiger partial charge in [0.2, 0.25) is 5.75 Å². The van der Waals surface area contributed by atoms with Crippen molar-refractivity contribution < 1.29 is 37.1 Å². The minimum atomic E-state index is -4.56. The minimum Gasteiger partial charge on any atom is -0.485 e. The first-order valence-corrected chi connectivity index (χ1v) is 8.27. The van der Waals surface area contributed by atoms with Gasteiger partial charge < -0.3 is 19.5 Å². The number of alkyl halides is 3. The normalized spacial score (nSPS) is 10.9. The number of methoxy groups -OCH3 is 1. The van der Waals surface area contributed by atoms with Gasteiger partial charge in [0.1, 0.15) is 18.1 Å². The Hall–Kier alpha value is -3.21. The van der Waals surface area contributed by atoms with Crippen molar-refractivity contribution in [1.29, 1.82) is 0 Å². The fourth-order valence-electron chi connectivity index (χ4n) is 2.10. The van der Waals surface area contributed by atoms with Crippen molar-refractivity contribution in [1.82, 2.24) is 5.32 Å². The van der Waals surface area contributed by atoms with Gasteiger partial charge in [-0.05, 0) is 24.3 Å². The number of carbonyl (C=O) groups excluding carboxylic acids is 1. The van der Waals surface area contributed by atoms with E-state index in [0.29, 0.717) is 6.07 Å². The Morgan fingerprint density at radius 3 is 2.52 bits per heavy atom. The number of nitro groups is 1. The number of benzene rings is 2. The van der Waals surface area contributed by atoms with Crippen molar-refractivity contribution in [2.75, 3.05) is 20.3 Å². The number of alkyl carbamates (subject to hydrolysis) is 1. The molecule has 1 N–H and O–H groups in total. The van der Waals surface area contributed by atoms with E-state index in [2.05, 4.69) is 10.1 Å². The average Bonchev–Trinajstić information content (AvgIpc) is 2.65. The van der Waals surface area contributed by atoms with Gasteiger partial charge in [0.15, 0.2) is 0 Å². The lowest BCUT2D eigenvalue weighted by atomic mass is 10.2. The summed E-state index contributed by atoms with van der Waals surface area (Å²) in [5.74, 6) is -0.192. The van der Waals surface area contributed by atoms with Gasteiger partial charge in [0.25, 0.3) is 0 Å². The van der Waals surface area contributed by atoms with Crippen LogP contribution in [-0.2, 0) is 10.9 Å². The second-order valence-electron chi connectivity index (χ2n) is 5.40. The standard InChI is InChI=1S/C17H14ClF3N2O6/c1-27-16(24)22-6-7-28-15-9-11(3-4-13(15)23(25)26)29-14-5-2-10(8-12(14)18)17(19,20)21/h2-5,8-9H,6-7H2,1H3,(H,22,24). The number of hydrogen-bond donors (Lipinski definition) is 1. The maximum atomic E-state index is 12.7. The van der Waals surface area contributed by atoms with E-state index in [9.17, 15) is 28.1 Å². The van der Waals surface area contributed by atoms with E-state index in [4.69, 9.17) is 21.1 Å². The van der Waals surface area contributed by atoms with Crippen molar-refractivity contribution in [2.24, 2.45) is 0 Å². The molecule has 29 heavy (non-hydrogen) atoms. The Balaban J connectivity index is 2.17. The van der Waals surface area contributed by atoms with Crippen LogP contribution in [0.4, 0.5) is 23.7 Å². The molecule has 0 spiro atoms. The van der Waals surface area contributed by atoms with Crippen LogP contribution in [0.5, 0.6) is 17.2 Å². The largest absolute Gasteiger partial charge is 0.485 e. The highest BCUT2D eigenvalue weighted by Gasteiger charge is 2.31. The summed E-state index contributed by atoms with van der Waals surface area (Å²) in [5, 5.41) is 13.2. The molecule has 8 nitrogen and oxygen atoms in total. The summed E-state index contributed by atoms with van der Waals surface area (Å²) in [7, 11) is 1.17. The van der Waals surface area contributed by atoms with Crippen LogP contribution in [0.1, 0.15) is 5.56 Å². The maximum Gasteiger partial charge on any atom is 0.416 e. The minimum absolute atomic E-state index is 0.0135. The van der Waals surface area contributed by atoms with Gasteiger partial charge in [-0.15, -0.1) is 0 Å². The number of hydrogen-bond acceptors (Lipinski definition) is 6. The number of nitrogens with zero attached hydrogens (tertiary/aromatic N) is 1. The van der Waals surface area contributed by atoms with Crippen molar-refractivity contribution >= 4 is 23.4 Å². The molecule has 0 fully saturated rings.